The minimum absolute atomic E-state index is 0.0167. The Morgan fingerprint density at radius 3 is 2.77 bits per heavy atom. The van der Waals surface area contributed by atoms with Gasteiger partial charge in [-0.05, 0) is 37.8 Å². The third kappa shape index (κ3) is 3.17. The molecule has 6 nitrogen and oxygen atoms in total. The summed E-state index contributed by atoms with van der Waals surface area (Å²) in [6, 6.07) is 4.31. The number of fused-ring (bicyclic) bond motifs is 2. The molecule has 6 heteroatoms. The number of anilines is 1. The second-order valence-corrected chi connectivity index (χ2v) is 7.88. The first-order chi connectivity index (χ1) is 12.6. The Bertz CT molecular complexity index is 686. The van der Waals surface area contributed by atoms with Crippen molar-refractivity contribution in [1.82, 2.24) is 15.2 Å². The Balaban J connectivity index is 1.61. The molecule has 2 aliphatic heterocycles. The highest BCUT2D eigenvalue weighted by Gasteiger charge is 2.41. The van der Waals surface area contributed by atoms with Crippen molar-refractivity contribution in [1.29, 1.82) is 0 Å². The van der Waals surface area contributed by atoms with Crippen LogP contribution in [0.1, 0.15) is 61.7 Å². The third-order valence-electron chi connectivity index (χ3n) is 6.28. The van der Waals surface area contributed by atoms with E-state index in [0.717, 1.165) is 31.5 Å². The number of rotatable bonds is 3. The first-order valence-electron chi connectivity index (χ1n) is 9.92. The van der Waals surface area contributed by atoms with Crippen LogP contribution in [0.25, 0.3) is 0 Å². The van der Waals surface area contributed by atoms with Crippen LogP contribution in [0.3, 0.4) is 0 Å². The Kier molecular flexibility index (Phi) is 4.83. The number of hydrogen-bond donors (Lipinski definition) is 1. The number of pyridine rings is 1. The van der Waals surface area contributed by atoms with Crippen LogP contribution in [0.15, 0.2) is 18.3 Å². The zero-order valence-electron chi connectivity index (χ0n) is 15.5. The molecule has 2 amide bonds. The third-order valence-corrected chi connectivity index (χ3v) is 6.28. The molecule has 2 atom stereocenters. The van der Waals surface area contributed by atoms with Crippen LogP contribution < -0.4 is 10.2 Å². The molecule has 1 N–H and O–H groups in total. The number of aromatic nitrogens is 1. The molecule has 0 aromatic carbocycles. The predicted octanol–water partition coefficient (Wildman–Crippen LogP) is 2.34. The SMILES string of the molecule is CN(c1ncccc1C(=O)N1[C@@H]2CC[C@H]1CNC(=O)C2)C1CCCCC1. The molecule has 1 aromatic heterocycles. The maximum absolute atomic E-state index is 13.4. The van der Waals surface area contributed by atoms with E-state index in [0.29, 0.717) is 24.6 Å². The van der Waals surface area contributed by atoms with Crippen LogP contribution in [0.5, 0.6) is 0 Å². The second-order valence-electron chi connectivity index (χ2n) is 7.88. The molecule has 3 aliphatic rings. The van der Waals surface area contributed by atoms with Gasteiger partial charge in [0, 0.05) is 44.3 Å². The number of nitrogens with one attached hydrogen (secondary N) is 1. The summed E-state index contributed by atoms with van der Waals surface area (Å²) in [7, 11) is 2.07. The van der Waals surface area contributed by atoms with Gasteiger partial charge >= 0.3 is 0 Å². The van der Waals surface area contributed by atoms with Gasteiger partial charge in [0.25, 0.3) is 5.91 Å². The molecule has 2 saturated heterocycles. The Morgan fingerprint density at radius 1 is 1.19 bits per heavy atom. The van der Waals surface area contributed by atoms with Crippen LogP contribution in [0.2, 0.25) is 0 Å². The summed E-state index contributed by atoms with van der Waals surface area (Å²) in [5.41, 5.74) is 0.673. The van der Waals surface area contributed by atoms with Gasteiger partial charge in [-0.15, -0.1) is 0 Å². The molecule has 0 unspecified atom stereocenters. The van der Waals surface area contributed by atoms with Gasteiger partial charge < -0.3 is 15.1 Å². The maximum Gasteiger partial charge on any atom is 0.258 e. The fourth-order valence-electron chi connectivity index (χ4n) is 4.84. The summed E-state index contributed by atoms with van der Waals surface area (Å²) in [6.07, 6.45) is 10.2. The van der Waals surface area contributed by atoms with Crippen molar-refractivity contribution in [2.75, 3.05) is 18.5 Å². The van der Waals surface area contributed by atoms with Crippen LogP contribution in [0.4, 0.5) is 5.82 Å². The average Bonchev–Trinajstić information content (AvgIpc) is 2.99. The zero-order valence-corrected chi connectivity index (χ0v) is 15.5. The van der Waals surface area contributed by atoms with Gasteiger partial charge in [-0.3, -0.25) is 9.59 Å². The van der Waals surface area contributed by atoms with Gasteiger partial charge in [0.1, 0.15) is 5.82 Å². The van der Waals surface area contributed by atoms with Crippen molar-refractivity contribution in [3.05, 3.63) is 23.9 Å². The molecule has 26 heavy (non-hydrogen) atoms. The summed E-state index contributed by atoms with van der Waals surface area (Å²) in [5.74, 6) is 0.868. The Morgan fingerprint density at radius 2 is 1.96 bits per heavy atom. The van der Waals surface area contributed by atoms with E-state index in [2.05, 4.69) is 22.2 Å². The van der Waals surface area contributed by atoms with Gasteiger partial charge in [0.2, 0.25) is 5.91 Å². The summed E-state index contributed by atoms with van der Waals surface area (Å²) in [4.78, 5) is 34.1. The number of carbonyl (C=O) groups is 2. The van der Waals surface area contributed by atoms with Crippen LogP contribution >= 0.6 is 0 Å². The van der Waals surface area contributed by atoms with E-state index < -0.39 is 0 Å². The van der Waals surface area contributed by atoms with Crippen molar-refractivity contribution in [2.45, 2.75) is 69.5 Å². The normalized spacial score (nSPS) is 26.3. The first kappa shape index (κ1) is 17.3. The van der Waals surface area contributed by atoms with Crippen molar-refractivity contribution in [3.8, 4) is 0 Å². The molecule has 1 aliphatic carbocycles. The largest absolute Gasteiger partial charge is 0.356 e. The molecular weight excluding hydrogens is 328 g/mol. The molecular formula is C20H28N4O2. The molecule has 140 valence electrons. The molecule has 1 saturated carbocycles. The molecule has 1 aromatic rings. The van der Waals surface area contributed by atoms with Gasteiger partial charge in [0.15, 0.2) is 0 Å². The molecule has 2 bridgehead atoms. The number of carbonyl (C=O) groups excluding carboxylic acids is 2. The lowest BCUT2D eigenvalue weighted by molar-refractivity contribution is -0.121. The van der Waals surface area contributed by atoms with Crippen molar-refractivity contribution in [2.24, 2.45) is 0 Å². The maximum atomic E-state index is 13.4. The fraction of sp³-hybridized carbons (Fsp3) is 0.650. The monoisotopic (exact) mass is 356 g/mol. The molecule has 3 heterocycles. The highest BCUT2D eigenvalue weighted by Crippen LogP contribution is 2.33. The molecule has 4 rings (SSSR count). The van der Waals surface area contributed by atoms with Crippen LogP contribution in [0, 0.1) is 0 Å². The topological polar surface area (TPSA) is 65.5 Å². The van der Waals surface area contributed by atoms with E-state index in [1.165, 1.54) is 19.3 Å². The highest BCUT2D eigenvalue weighted by molar-refractivity contribution is 6.00. The fourth-order valence-corrected chi connectivity index (χ4v) is 4.84. The van der Waals surface area contributed by atoms with Gasteiger partial charge in [-0.1, -0.05) is 19.3 Å². The minimum atomic E-state index is 0.0167. The van der Waals surface area contributed by atoms with Crippen molar-refractivity contribution >= 4 is 17.6 Å². The highest BCUT2D eigenvalue weighted by atomic mass is 16.2. The predicted molar refractivity (Wildman–Crippen MR) is 100 cm³/mol. The Hall–Kier alpha value is -2.11. The lowest BCUT2D eigenvalue weighted by atomic mass is 9.94. The van der Waals surface area contributed by atoms with E-state index in [9.17, 15) is 9.59 Å². The van der Waals surface area contributed by atoms with E-state index in [1.807, 2.05) is 17.0 Å². The zero-order chi connectivity index (χ0) is 18.1. The Labute approximate surface area is 155 Å². The lowest BCUT2D eigenvalue weighted by Crippen LogP contribution is -2.43. The first-order valence-corrected chi connectivity index (χ1v) is 9.92. The minimum Gasteiger partial charge on any atom is -0.356 e. The average molecular weight is 356 g/mol. The van der Waals surface area contributed by atoms with Crippen molar-refractivity contribution in [3.63, 3.8) is 0 Å². The van der Waals surface area contributed by atoms with Gasteiger partial charge in [-0.2, -0.15) is 0 Å². The van der Waals surface area contributed by atoms with E-state index in [4.69, 9.17) is 0 Å². The summed E-state index contributed by atoms with van der Waals surface area (Å²) < 4.78 is 0. The standard InChI is InChI=1S/C20H28N4O2/c1-23(14-6-3-2-4-7-14)19-17(8-5-11-21-19)20(26)24-15-9-10-16(24)13-22-18(25)12-15/h5,8,11,14-16H,2-4,6-7,9-10,12-13H2,1H3,(H,22,25)/t15-,16+/m1/s1. The van der Waals surface area contributed by atoms with Gasteiger partial charge in [-0.25, -0.2) is 4.98 Å². The molecule has 0 spiro atoms. The quantitative estimate of drug-likeness (QED) is 0.903. The lowest BCUT2D eigenvalue weighted by Gasteiger charge is -2.34. The van der Waals surface area contributed by atoms with Gasteiger partial charge in [0.05, 0.1) is 5.56 Å². The summed E-state index contributed by atoms with van der Waals surface area (Å²) in [5, 5.41) is 2.94. The molecule has 3 fully saturated rings. The summed E-state index contributed by atoms with van der Waals surface area (Å²) >= 11 is 0. The number of hydrogen-bond acceptors (Lipinski definition) is 4. The smallest absolute Gasteiger partial charge is 0.258 e. The van der Waals surface area contributed by atoms with E-state index >= 15 is 0 Å². The van der Waals surface area contributed by atoms with Crippen LogP contribution in [-0.4, -0.2) is 53.4 Å². The molecule has 0 radical (unpaired) electrons. The summed E-state index contributed by atoms with van der Waals surface area (Å²) in [6.45, 7) is 0.565. The van der Waals surface area contributed by atoms with E-state index in [1.54, 1.807) is 6.20 Å². The second kappa shape index (κ2) is 7.25. The number of nitrogens with zero attached hydrogens (tertiary/aromatic N) is 3. The van der Waals surface area contributed by atoms with Crippen LogP contribution in [-0.2, 0) is 4.79 Å². The van der Waals surface area contributed by atoms with Crippen molar-refractivity contribution < 1.29 is 9.59 Å². The van der Waals surface area contributed by atoms with E-state index in [-0.39, 0.29) is 23.9 Å². The number of amides is 2.